The number of hydrogen-bond donors (Lipinski definition) is 0. The molecule has 28 heavy (non-hydrogen) atoms. The zero-order valence-electron chi connectivity index (χ0n) is 16.1. The van der Waals surface area contributed by atoms with Crippen molar-refractivity contribution in [2.45, 2.75) is 13.8 Å². The molecule has 5 aromatic rings. The molecule has 0 aliphatic rings. The van der Waals surface area contributed by atoms with Crippen molar-refractivity contribution in [3.8, 4) is 22.3 Å². The van der Waals surface area contributed by atoms with E-state index in [-0.39, 0.29) is 0 Å². The van der Waals surface area contributed by atoms with E-state index in [1.807, 2.05) is 0 Å². The number of pyridine rings is 1. The summed E-state index contributed by atoms with van der Waals surface area (Å²) in [6.45, 7) is 4.25. The van der Waals surface area contributed by atoms with Crippen molar-refractivity contribution in [3.63, 3.8) is 0 Å². The fourth-order valence-electron chi connectivity index (χ4n) is 4.11. The van der Waals surface area contributed by atoms with Gasteiger partial charge in [-0.15, -0.1) is 0 Å². The number of hydrogen-bond acceptors (Lipinski definition) is 1. The van der Waals surface area contributed by atoms with Gasteiger partial charge in [-0.05, 0) is 59.2 Å². The highest BCUT2D eigenvalue weighted by Crippen LogP contribution is 2.37. The lowest BCUT2D eigenvalue weighted by Crippen LogP contribution is -1.92. The van der Waals surface area contributed by atoms with Crippen LogP contribution in [0.5, 0.6) is 0 Å². The van der Waals surface area contributed by atoms with Crippen molar-refractivity contribution in [1.82, 2.24) is 4.98 Å². The van der Waals surface area contributed by atoms with Gasteiger partial charge in [-0.3, -0.25) is 4.98 Å². The van der Waals surface area contributed by atoms with Crippen LogP contribution in [0.15, 0.2) is 91.0 Å². The molecule has 0 atom stereocenters. The summed E-state index contributed by atoms with van der Waals surface area (Å²) in [7, 11) is 0. The Labute approximate surface area is 165 Å². The second-order valence-corrected chi connectivity index (χ2v) is 7.41. The van der Waals surface area contributed by atoms with Gasteiger partial charge in [-0.2, -0.15) is 0 Å². The minimum Gasteiger partial charge on any atom is -0.252 e. The van der Waals surface area contributed by atoms with E-state index >= 15 is 0 Å². The minimum absolute atomic E-state index is 1.04. The molecule has 5 rings (SSSR count). The van der Waals surface area contributed by atoms with Gasteiger partial charge < -0.3 is 0 Å². The molecule has 134 valence electrons. The summed E-state index contributed by atoms with van der Waals surface area (Å²) in [4.78, 5) is 4.97. The molecule has 0 unspecified atom stereocenters. The van der Waals surface area contributed by atoms with Crippen LogP contribution >= 0.6 is 0 Å². The Kier molecular flexibility index (Phi) is 3.95. The van der Waals surface area contributed by atoms with Gasteiger partial charge in [0.25, 0.3) is 0 Å². The van der Waals surface area contributed by atoms with Crippen LogP contribution in [0.25, 0.3) is 43.9 Å². The van der Waals surface area contributed by atoms with E-state index in [0.717, 1.165) is 11.2 Å². The number of fused-ring (bicyclic) bond motifs is 3. The van der Waals surface area contributed by atoms with E-state index in [1.54, 1.807) is 0 Å². The maximum Gasteiger partial charge on any atom is 0.0790 e. The molecule has 1 nitrogen and oxygen atoms in total. The molecule has 0 spiro atoms. The average Bonchev–Trinajstić information content (AvgIpc) is 2.74. The lowest BCUT2D eigenvalue weighted by atomic mass is 9.92. The number of aryl methyl sites for hydroxylation is 2. The first kappa shape index (κ1) is 16.7. The average molecular weight is 359 g/mol. The summed E-state index contributed by atoms with van der Waals surface area (Å²) >= 11 is 0. The van der Waals surface area contributed by atoms with Crippen LogP contribution in [0.3, 0.4) is 0 Å². The first-order chi connectivity index (χ1) is 13.7. The van der Waals surface area contributed by atoms with E-state index in [9.17, 15) is 0 Å². The topological polar surface area (TPSA) is 12.9 Å². The first-order valence-electron chi connectivity index (χ1n) is 9.66. The number of nitrogens with zero attached hydrogens (tertiary/aromatic N) is 1. The van der Waals surface area contributed by atoms with Gasteiger partial charge >= 0.3 is 0 Å². The molecule has 0 bridgehead atoms. The highest BCUT2D eigenvalue weighted by molar-refractivity contribution is 6.14. The molecule has 1 heteroatoms. The van der Waals surface area contributed by atoms with E-state index in [4.69, 9.17) is 4.98 Å². The number of aromatic nitrogens is 1. The van der Waals surface area contributed by atoms with Gasteiger partial charge in [0, 0.05) is 16.5 Å². The molecule has 0 amide bonds. The summed E-state index contributed by atoms with van der Waals surface area (Å²) in [6.07, 6.45) is 0. The zero-order chi connectivity index (χ0) is 19.1. The normalized spacial score (nSPS) is 11.2. The molecular formula is C27H21N. The molecule has 0 saturated heterocycles. The lowest BCUT2D eigenvalue weighted by molar-refractivity contribution is 1.26. The van der Waals surface area contributed by atoms with Gasteiger partial charge in [-0.25, -0.2) is 0 Å². The minimum atomic E-state index is 1.04. The van der Waals surface area contributed by atoms with Crippen molar-refractivity contribution in [2.24, 2.45) is 0 Å². The van der Waals surface area contributed by atoms with Crippen LogP contribution in [-0.4, -0.2) is 4.98 Å². The maximum absolute atomic E-state index is 4.97. The molecule has 0 aliphatic heterocycles. The molecule has 0 N–H and O–H groups in total. The maximum atomic E-state index is 4.97. The fraction of sp³-hybridized carbons (Fsp3) is 0.0741. The van der Waals surface area contributed by atoms with Gasteiger partial charge in [-0.1, -0.05) is 78.9 Å². The van der Waals surface area contributed by atoms with Crippen molar-refractivity contribution in [1.29, 1.82) is 0 Å². The molecule has 0 radical (unpaired) electrons. The Morgan fingerprint density at radius 3 is 1.75 bits per heavy atom. The van der Waals surface area contributed by atoms with E-state index in [2.05, 4.69) is 105 Å². The molecule has 0 saturated carbocycles. The van der Waals surface area contributed by atoms with Crippen LogP contribution in [0, 0.1) is 13.8 Å². The van der Waals surface area contributed by atoms with Crippen molar-refractivity contribution >= 4 is 21.7 Å². The Hall–Kier alpha value is -3.45. The van der Waals surface area contributed by atoms with Gasteiger partial charge in [0.15, 0.2) is 0 Å². The molecule has 0 fully saturated rings. The largest absolute Gasteiger partial charge is 0.252 e. The number of rotatable bonds is 2. The quantitative estimate of drug-likeness (QED) is 0.300. The fourth-order valence-corrected chi connectivity index (χ4v) is 4.11. The molecule has 1 aromatic heterocycles. The smallest absolute Gasteiger partial charge is 0.0790 e. The summed E-state index contributed by atoms with van der Waals surface area (Å²) in [5.41, 5.74) is 8.36. The van der Waals surface area contributed by atoms with Crippen LogP contribution in [0.4, 0.5) is 0 Å². The summed E-state index contributed by atoms with van der Waals surface area (Å²) in [5.74, 6) is 0. The molecule has 1 heterocycles. The van der Waals surface area contributed by atoms with Crippen LogP contribution < -0.4 is 0 Å². The molecule has 4 aromatic carbocycles. The van der Waals surface area contributed by atoms with Gasteiger partial charge in [0.05, 0.1) is 5.52 Å². The Morgan fingerprint density at radius 2 is 1.11 bits per heavy atom. The van der Waals surface area contributed by atoms with Crippen molar-refractivity contribution in [3.05, 3.63) is 102 Å². The van der Waals surface area contributed by atoms with E-state index in [0.29, 0.717) is 0 Å². The third-order valence-corrected chi connectivity index (χ3v) is 5.35. The molecule has 0 aliphatic carbocycles. The van der Waals surface area contributed by atoms with Gasteiger partial charge in [0.2, 0.25) is 0 Å². The highest BCUT2D eigenvalue weighted by Gasteiger charge is 2.12. The van der Waals surface area contributed by atoms with E-state index < -0.39 is 0 Å². The number of benzene rings is 4. The molecular weight excluding hydrogens is 338 g/mol. The predicted molar refractivity (Wildman–Crippen MR) is 120 cm³/mol. The Morgan fingerprint density at radius 1 is 0.536 bits per heavy atom. The van der Waals surface area contributed by atoms with Crippen molar-refractivity contribution in [2.75, 3.05) is 0 Å². The summed E-state index contributed by atoms with van der Waals surface area (Å²) < 4.78 is 0. The summed E-state index contributed by atoms with van der Waals surface area (Å²) in [6, 6.07) is 32.4. The SMILES string of the molecule is Cc1cc(-c2ccccc2)c2ccc3c(-c4ccccc4)cc(C)nc3c2c1. The van der Waals surface area contributed by atoms with Crippen LogP contribution in [0.1, 0.15) is 11.3 Å². The van der Waals surface area contributed by atoms with Crippen molar-refractivity contribution < 1.29 is 0 Å². The van der Waals surface area contributed by atoms with Crippen LogP contribution in [-0.2, 0) is 0 Å². The zero-order valence-corrected chi connectivity index (χ0v) is 16.1. The van der Waals surface area contributed by atoms with E-state index in [1.165, 1.54) is 44.0 Å². The highest BCUT2D eigenvalue weighted by atomic mass is 14.7. The monoisotopic (exact) mass is 359 g/mol. The van der Waals surface area contributed by atoms with Crippen LogP contribution in [0.2, 0.25) is 0 Å². The predicted octanol–water partition coefficient (Wildman–Crippen LogP) is 7.34. The Balaban J connectivity index is 1.89. The van der Waals surface area contributed by atoms with Gasteiger partial charge in [0.1, 0.15) is 0 Å². The second kappa shape index (κ2) is 6.61. The third-order valence-electron chi connectivity index (χ3n) is 5.35. The first-order valence-corrected chi connectivity index (χ1v) is 9.66. The standard InChI is InChI=1S/C27H21N/c1-18-15-24(20-9-5-3-6-10-20)22-13-14-23-25(21-11-7-4-8-12-21)17-19(2)28-27(23)26(22)16-18/h3-17H,1-2H3. The third kappa shape index (κ3) is 2.76. The lowest BCUT2D eigenvalue weighted by Gasteiger charge is -2.14. The Bertz CT molecular complexity index is 1200. The second-order valence-electron chi connectivity index (χ2n) is 7.41. The summed E-state index contributed by atoms with van der Waals surface area (Å²) in [5, 5.41) is 3.67.